The molecule has 16 heavy (non-hydrogen) atoms. The van der Waals surface area contributed by atoms with E-state index < -0.39 is 0 Å². The van der Waals surface area contributed by atoms with Crippen LogP contribution in [-0.4, -0.2) is 31.2 Å². The quantitative estimate of drug-likeness (QED) is 0.512. The highest BCUT2D eigenvalue weighted by molar-refractivity contribution is 4.80. The molecule has 1 heterocycles. The van der Waals surface area contributed by atoms with Gasteiger partial charge in [0.1, 0.15) is 0 Å². The van der Waals surface area contributed by atoms with E-state index in [1.54, 1.807) is 0 Å². The van der Waals surface area contributed by atoms with Gasteiger partial charge in [-0.15, -0.1) is 0 Å². The van der Waals surface area contributed by atoms with Crippen LogP contribution in [0.15, 0.2) is 12.2 Å². The fraction of sp³-hybridized carbons (Fsp3) is 0.846. The fourth-order valence-corrected chi connectivity index (χ4v) is 1.73. The molecule has 0 aliphatic carbocycles. The molecule has 3 heteroatoms. The molecule has 0 radical (unpaired) electrons. The fourth-order valence-electron chi connectivity index (χ4n) is 1.73. The van der Waals surface area contributed by atoms with E-state index in [9.17, 15) is 0 Å². The van der Waals surface area contributed by atoms with Gasteiger partial charge in [0.2, 0.25) is 0 Å². The van der Waals surface area contributed by atoms with Crippen molar-refractivity contribution in [3.8, 4) is 0 Å². The molecule has 1 aliphatic heterocycles. The van der Waals surface area contributed by atoms with Crippen molar-refractivity contribution in [2.24, 2.45) is 0 Å². The van der Waals surface area contributed by atoms with Crippen LogP contribution in [0.4, 0.5) is 0 Å². The number of allylic oxidation sites excluding steroid dienone is 1. The maximum atomic E-state index is 8.57. The molecule has 0 saturated carbocycles. The van der Waals surface area contributed by atoms with Gasteiger partial charge < -0.3 is 14.6 Å². The lowest BCUT2D eigenvalue weighted by Crippen LogP contribution is -2.22. The maximum absolute atomic E-state index is 8.57. The van der Waals surface area contributed by atoms with Crippen molar-refractivity contribution in [3.63, 3.8) is 0 Å². The van der Waals surface area contributed by atoms with Crippen LogP contribution in [0.5, 0.6) is 0 Å². The molecule has 0 bridgehead atoms. The first kappa shape index (κ1) is 13.7. The highest BCUT2D eigenvalue weighted by Gasteiger charge is 2.12. The highest BCUT2D eigenvalue weighted by Crippen LogP contribution is 2.14. The average Bonchev–Trinajstić information content (AvgIpc) is 2.34. The first-order chi connectivity index (χ1) is 7.93. The SMILES string of the molecule is OCC/C=C\CCCCOC1CCCCO1. The van der Waals surface area contributed by atoms with Crippen LogP contribution in [0.2, 0.25) is 0 Å². The van der Waals surface area contributed by atoms with Crippen LogP contribution >= 0.6 is 0 Å². The molecule has 0 aromatic carbocycles. The van der Waals surface area contributed by atoms with E-state index in [-0.39, 0.29) is 12.9 Å². The van der Waals surface area contributed by atoms with Crippen LogP contribution in [0.3, 0.4) is 0 Å². The summed E-state index contributed by atoms with van der Waals surface area (Å²) in [7, 11) is 0. The second kappa shape index (κ2) is 9.82. The Morgan fingerprint density at radius 2 is 2.06 bits per heavy atom. The maximum Gasteiger partial charge on any atom is 0.157 e. The summed E-state index contributed by atoms with van der Waals surface area (Å²) in [4.78, 5) is 0. The number of unbranched alkanes of at least 4 members (excludes halogenated alkanes) is 2. The largest absolute Gasteiger partial charge is 0.396 e. The van der Waals surface area contributed by atoms with Crippen molar-refractivity contribution < 1.29 is 14.6 Å². The standard InChI is InChI=1S/C13H24O3/c14-10-6-3-1-2-4-7-11-15-13-9-5-8-12-16-13/h1,3,13-14H,2,4-12H2/b3-1-. The van der Waals surface area contributed by atoms with Crippen molar-refractivity contribution >= 4 is 0 Å². The van der Waals surface area contributed by atoms with Crippen LogP contribution in [0, 0.1) is 0 Å². The zero-order valence-corrected chi connectivity index (χ0v) is 10.1. The minimum Gasteiger partial charge on any atom is -0.396 e. The first-order valence-electron chi connectivity index (χ1n) is 6.42. The molecule has 94 valence electrons. The Hall–Kier alpha value is -0.380. The van der Waals surface area contributed by atoms with Gasteiger partial charge in [-0.1, -0.05) is 12.2 Å². The van der Waals surface area contributed by atoms with Gasteiger partial charge in [0.05, 0.1) is 0 Å². The number of hydrogen-bond acceptors (Lipinski definition) is 3. The monoisotopic (exact) mass is 228 g/mol. The summed E-state index contributed by atoms with van der Waals surface area (Å²) >= 11 is 0. The van der Waals surface area contributed by atoms with Gasteiger partial charge in [-0.2, -0.15) is 0 Å². The van der Waals surface area contributed by atoms with Gasteiger partial charge in [0.25, 0.3) is 0 Å². The lowest BCUT2D eigenvalue weighted by molar-refractivity contribution is -0.162. The topological polar surface area (TPSA) is 38.7 Å². The average molecular weight is 228 g/mol. The number of aliphatic hydroxyl groups is 1. The molecule has 3 nitrogen and oxygen atoms in total. The smallest absolute Gasteiger partial charge is 0.157 e. The number of hydrogen-bond donors (Lipinski definition) is 1. The van der Waals surface area contributed by atoms with Gasteiger partial charge >= 0.3 is 0 Å². The summed E-state index contributed by atoms with van der Waals surface area (Å²) < 4.78 is 11.1. The van der Waals surface area contributed by atoms with Gasteiger partial charge in [-0.25, -0.2) is 0 Å². The van der Waals surface area contributed by atoms with Crippen molar-refractivity contribution in [3.05, 3.63) is 12.2 Å². The Balaban J connectivity index is 1.83. The van der Waals surface area contributed by atoms with Crippen LogP contribution in [0.1, 0.15) is 44.9 Å². The molecule has 0 aromatic heterocycles. The zero-order valence-electron chi connectivity index (χ0n) is 10.1. The molecule has 0 spiro atoms. The summed E-state index contributed by atoms with van der Waals surface area (Å²) in [6.45, 7) is 1.91. The van der Waals surface area contributed by atoms with Gasteiger partial charge in [0.15, 0.2) is 6.29 Å². The number of rotatable bonds is 8. The normalized spacial score (nSPS) is 21.7. The summed E-state index contributed by atoms with van der Waals surface area (Å²) in [6, 6.07) is 0. The lowest BCUT2D eigenvalue weighted by Gasteiger charge is -2.22. The molecule has 1 atom stereocenters. The summed E-state index contributed by atoms with van der Waals surface area (Å²) in [5.41, 5.74) is 0. The molecular weight excluding hydrogens is 204 g/mol. The second-order valence-electron chi connectivity index (χ2n) is 4.15. The van der Waals surface area contributed by atoms with Gasteiger partial charge in [-0.3, -0.25) is 0 Å². The van der Waals surface area contributed by atoms with Gasteiger partial charge in [-0.05, 0) is 44.9 Å². The van der Waals surface area contributed by atoms with E-state index in [4.69, 9.17) is 14.6 Å². The minimum absolute atomic E-state index is 0.0543. The summed E-state index contributed by atoms with van der Waals surface area (Å²) in [5, 5.41) is 8.57. The van der Waals surface area contributed by atoms with Crippen molar-refractivity contribution in [2.45, 2.75) is 51.2 Å². The highest BCUT2D eigenvalue weighted by atomic mass is 16.7. The van der Waals surface area contributed by atoms with E-state index in [0.717, 1.165) is 45.3 Å². The predicted octanol–water partition coefficient (Wildman–Crippen LogP) is 2.64. The first-order valence-corrected chi connectivity index (χ1v) is 6.42. The van der Waals surface area contributed by atoms with Crippen molar-refractivity contribution in [1.29, 1.82) is 0 Å². The van der Waals surface area contributed by atoms with E-state index in [0.29, 0.717) is 0 Å². The lowest BCUT2D eigenvalue weighted by atomic mass is 10.2. The van der Waals surface area contributed by atoms with Crippen LogP contribution < -0.4 is 0 Å². The molecule has 1 aliphatic rings. The molecule has 1 unspecified atom stereocenters. The molecular formula is C13H24O3. The third kappa shape index (κ3) is 6.99. The third-order valence-electron chi connectivity index (χ3n) is 2.67. The van der Waals surface area contributed by atoms with E-state index in [2.05, 4.69) is 6.08 Å². The Kier molecular flexibility index (Phi) is 8.40. The second-order valence-corrected chi connectivity index (χ2v) is 4.15. The summed E-state index contributed by atoms with van der Waals surface area (Å²) in [6.07, 6.45) is 11.8. The van der Waals surface area contributed by atoms with Crippen molar-refractivity contribution in [1.82, 2.24) is 0 Å². The molecule has 1 rings (SSSR count). The van der Waals surface area contributed by atoms with E-state index in [1.807, 2.05) is 6.08 Å². The number of ether oxygens (including phenoxy) is 2. The minimum atomic E-state index is 0.0543. The molecule has 1 N–H and O–H groups in total. The third-order valence-corrected chi connectivity index (χ3v) is 2.67. The van der Waals surface area contributed by atoms with Gasteiger partial charge in [0, 0.05) is 19.8 Å². The Morgan fingerprint density at radius 3 is 2.81 bits per heavy atom. The predicted molar refractivity (Wildman–Crippen MR) is 64.2 cm³/mol. The van der Waals surface area contributed by atoms with Crippen LogP contribution in [-0.2, 0) is 9.47 Å². The molecule has 1 saturated heterocycles. The molecule has 0 amide bonds. The molecule has 1 fully saturated rings. The Bertz CT molecular complexity index is 174. The Labute approximate surface area is 98.4 Å². The Morgan fingerprint density at radius 1 is 1.19 bits per heavy atom. The molecule has 0 aromatic rings. The van der Waals surface area contributed by atoms with Crippen molar-refractivity contribution in [2.75, 3.05) is 19.8 Å². The van der Waals surface area contributed by atoms with E-state index in [1.165, 1.54) is 12.8 Å². The number of aliphatic hydroxyl groups excluding tert-OH is 1. The summed E-state index contributed by atoms with van der Waals surface area (Å²) in [5.74, 6) is 0. The van der Waals surface area contributed by atoms with E-state index >= 15 is 0 Å². The zero-order chi connectivity index (χ0) is 11.5. The van der Waals surface area contributed by atoms with Crippen LogP contribution in [0.25, 0.3) is 0 Å².